The lowest BCUT2D eigenvalue weighted by molar-refractivity contribution is 0.0600. The number of esters is 1. The molecule has 1 N–H and O–H groups in total. The smallest absolute Gasteiger partial charge is 0.337 e. The number of methoxy groups -OCH3 is 1. The van der Waals surface area contributed by atoms with E-state index in [1.54, 1.807) is 0 Å². The third-order valence-corrected chi connectivity index (χ3v) is 3.17. The fraction of sp³-hybridized carbons (Fsp3) is 0.133. The van der Waals surface area contributed by atoms with E-state index in [2.05, 4.69) is 15.0 Å². The number of hydrogen-bond acceptors (Lipinski definition) is 5. The van der Waals surface area contributed by atoms with Gasteiger partial charge < -0.3 is 10.1 Å². The van der Waals surface area contributed by atoms with E-state index in [1.807, 2.05) is 6.07 Å². The number of nitriles is 1. The summed E-state index contributed by atoms with van der Waals surface area (Å²) in [5.41, 5.74) is 0.846. The van der Waals surface area contributed by atoms with E-state index in [9.17, 15) is 9.18 Å². The van der Waals surface area contributed by atoms with Crippen LogP contribution in [-0.4, -0.2) is 18.1 Å². The van der Waals surface area contributed by atoms with Gasteiger partial charge in [0.15, 0.2) is 0 Å². The van der Waals surface area contributed by atoms with Gasteiger partial charge in [-0.15, -0.1) is 0 Å². The molecule has 1 aromatic heterocycles. The van der Waals surface area contributed by atoms with Crippen LogP contribution >= 0.6 is 11.6 Å². The fourth-order valence-corrected chi connectivity index (χ4v) is 2.00. The molecule has 0 atom stereocenters. The Balaban J connectivity index is 2.18. The van der Waals surface area contributed by atoms with E-state index in [-0.39, 0.29) is 22.7 Å². The highest BCUT2D eigenvalue weighted by Crippen LogP contribution is 2.21. The number of carbonyl (C=O) groups excluding carboxylic acids is 1. The number of pyridine rings is 1. The summed E-state index contributed by atoms with van der Waals surface area (Å²) in [7, 11) is 1.25. The lowest BCUT2D eigenvalue weighted by atomic mass is 10.1. The second kappa shape index (κ2) is 6.87. The normalized spacial score (nSPS) is 9.91. The summed E-state index contributed by atoms with van der Waals surface area (Å²) in [6, 6.07) is 7.31. The molecule has 112 valence electrons. The van der Waals surface area contributed by atoms with Gasteiger partial charge in [-0.3, -0.25) is 0 Å². The van der Waals surface area contributed by atoms with E-state index in [1.165, 1.54) is 37.6 Å². The minimum atomic E-state index is -0.546. The van der Waals surface area contributed by atoms with Gasteiger partial charge in [0.2, 0.25) is 0 Å². The highest BCUT2D eigenvalue weighted by Gasteiger charge is 2.11. The Hall–Kier alpha value is -2.65. The molecule has 2 rings (SSSR count). The van der Waals surface area contributed by atoms with Crippen molar-refractivity contribution in [2.24, 2.45) is 0 Å². The Kier molecular flexibility index (Phi) is 4.92. The van der Waals surface area contributed by atoms with Gasteiger partial charge in [-0.05, 0) is 24.3 Å². The Morgan fingerprint density at radius 1 is 1.50 bits per heavy atom. The van der Waals surface area contributed by atoms with Crippen molar-refractivity contribution in [3.05, 3.63) is 58.0 Å². The van der Waals surface area contributed by atoms with Crippen LogP contribution in [0.15, 0.2) is 30.5 Å². The summed E-state index contributed by atoms with van der Waals surface area (Å²) >= 11 is 5.97. The molecule has 0 spiro atoms. The quantitative estimate of drug-likeness (QED) is 0.876. The molecule has 1 heterocycles. The molecule has 2 aromatic rings. The van der Waals surface area contributed by atoms with Gasteiger partial charge in [0.1, 0.15) is 17.7 Å². The summed E-state index contributed by atoms with van der Waals surface area (Å²) < 4.78 is 18.4. The Bertz CT molecular complexity index is 759. The second-order valence-corrected chi connectivity index (χ2v) is 4.72. The van der Waals surface area contributed by atoms with Gasteiger partial charge in [0, 0.05) is 18.3 Å². The molecule has 0 fully saturated rings. The van der Waals surface area contributed by atoms with Crippen LogP contribution in [0.1, 0.15) is 21.5 Å². The number of rotatable bonds is 4. The van der Waals surface area contributed by atoms with Crippen LogP contribution in [0, 0.1) is 17.1 Å². The van der Waals surface area contributed by atoms with E-state index in [4.69, 9.17) is 16.9 Å². The molecule has 0 saturated carbocycles. The van der Waals surface area contributed by atoms with Crippen molar-refractivity contribution in [1.82, 2.24) is 4.98 Å². The highest BCUT2D eigenvalue weighted by molar-refractivity contribution is 6.33. The molecular formula is C15H11ClFN3O2. The van der Waals surface area contributed by atoms with Gasteiger partial charge in [0.05, 0.1) is 23.3 Å². The molecule has 0 saturated heterocycles. The zero-order valence-electron chi connectivity index (χ0n) is 11.6. The van der Waals surface area contributed by atoms with Crippen molar-refractivity contribution in [2.45, 2.75) is 6.54 Å². The van der Waals surface area contributed by atoms with Crippen LogP contribution in [0.2, 0.25) is 5.02 Å². The summed E-state index contributed by atoms with van der Waals surface area (Å²) in [4.78, 5) is 15.4. The van der Waals surface area contributed by atoms with Crippen molar-refractivity contribution in [3.8, 4) is 6.07 Å². The molecule has 0 unspecified atom stereocenters. The van der Waals surface area contributed by atoms with Gasteiger partial charge in [-0.2, -0.15) is 5.26 Å². The van der Waals surface area contributed by atoms with Crippen molar-refractivity contribution in [3.63, 3.8) is 0 Å². The molecule has 0 aliphatic rings. The third kappa shape index (κ3) is 3.51. The van der Waals surface area contributed by atoms with Gasteiger partial charge >= 0.3 is 5.97 Å². The van der Waals surface area contributed by atoms with Crippen molar-refractivity contribution >= 4 is 23.4 Å². The van der Waals surface area contributed by atoms with Gasteiger partial charge in [0.25, 0.3) is 0 Å². The molecule has 5 nitrogen and oxygen atoms in total. The molecule has 0 amide bonds. The maximum atomic E-state index is 13.8. The predicted octanol–water partition coefficient (Wildman–Crippen LogP) is 3.14. The van der Waals surface area contributed by atoms with Crippen molar-refractivity contribution < 1.29 is 13.9 Å². The zero-order chi connectivity index (χ0) is 16.1. The lowest BCUT2D eigenvalue weighted by Crippen LogP contribution is -2.07. The molecule has 1 aromatic carbocycles. The largest absolute Gasteiger partial charge is 0.465 e. The Morgan fingerprint density at radius 2 is 2.27 bits per heavy atom. The minimum Gasteiger partial charge on any atom is -0.465 e. The van der Waals surface area contributed by atoms with Gasteiger partial charge in [-0.1, -0.05) is 11.6 Å². The van der Waals surface area contributed by atoms with E-state index in [0.29, 0.717) is 11.4 Å². The van der Waals surface area contributed by atoms with Gasteiger partial charge in [-0.25, -0.2) is 14.2 Å². The maximum Gasteiger partial charge on any atom is 0.337 e. The Morgan fingerprint density at radius 3 is 2.91 bits per heavy atom. The average molecular weight is 320 g/mol. The molecule has 0 aliphatic heterocycles. The average Bonchev–Trinajstić information content (AvgIpc) is 2.54. The number of benzene rings is 1. The first-order valence-corrected chi connectivity index (χ1v) is 6.59. The summed E-state index contributed by atoms with van der Waals surface area (Å²) in [6.45, 7) is 0.0787. The molecular weight excluding hydrogens is 309 g/mol. The number of aromatic nitrogens is 1. The molecule has 0 aliphatic carbocycles. The number of ether oxygens (including phenoxy) is 1. The van der Waals surface area contributed by atoms with E-state index >= 15 is 0 Å². The number of hydrogen-bond donors (Lipinski definition) is 1. The van der Waals surface area contributed by atoms with Crippen molar-refractivity contribution in [1.29, 1.82) is 5.26 Å². The molecule has 7 heteroatoms. The molecule has 0 radical (unpaired) electrons. The lowest BCUT2D eigenvalue weighted by Gasteiger charge is -2.09. The summed E-state index contributed by atoms with van der Waals surface area (Å²) in [5.74, 6) is -0.691. The van der Waals surface area contributed by atoms with Crippen LogP contribution in [0.4, 0.5) is 10.2 Å². The first-order valence-electron chi connectivity index (χ1n) is 6.21. The first kappa shape index (κ1) is 15.7. The van der Waals surface area contributed by atoms with Crippen LogP contribution < -0.4 is 5.32 Å². The van der Waals surface area contributed by atoms with Crippen LogP contribution in [0.3, 0.4) is 0 Å². The van der Waals surface area contributed by atoms with Crippen LogP contribution in [0.5, 0.6) is 0 Å². The van der Waals surface area contributed by atoms with E-state index < -0.39 is 11.8 Å². The highest BCUT2D eigenvalue weighted by atomic mass is 35.5. The number of nitrogens with one attached hydrogen (secondary N) is 1. The predicted molar refractivity (Wildman–Crippen MR) is 79.0 cm³/mol. The Labute approximate surface area is 131 Å². The summed E-state index contributed by atoms with van der Waals surface area (Å²) in [6.07, 6.45) is 1.36. The van der Waals surface area contributed by atoms with E-state index in [0.717, 1.165) is 0 Å². The fourth-order valence-electron chi connectivity index (χ4n) is 1.76. The minimum absolute atomic E-state index is 0.0787. The zero-order valence-corrected chi connectivity index (χ0v) is 12.3. The number of nitrogens with zero attached hydrogens (tertiary/aromatic N) is 2. The second-order valence-electron chi connectivity index (χ2n) is 4.32. The third-order valence-electron chi connectivity index (χ3n) is 2.88. The maximum absolute atomic E-state index is 13.8. The monoisotopic (exact) mass is 319 g/mol. The number of carbonyl (C=O) groups is 1. The molecule has 0 bridgehead atoms. The standard InChI is InChI=1S/C15H11ClFN3O2/c1-22-15(21)10-2-3-13(17)11(5-10)8-20-14-12(16)4-9(6-18)7-19-14/h2-5,7H,8H2,1H3,(H,19,20). The number of halogens is 2. The SMILES string of the molecule is COC(=O)c1ccc(F)c(CNc2ncc(C#N)cc2Cl)c1. The number of anilines is 1. The first-order chi connectivity index (χ1) is 10.5. The van der Waals surface area contributed by atoms with Crippen LogP contribution in [-0.2, 0) is 11.3 Å². The van der Waals surface area contributed by atoms with Crippen molar-refractivity contribution in [2.75, 3.05) is 12.4 Å². The molecule has 22 heavy (non-hydrogen) atoms. The topological polar surface area (TPSA) is 75.0 Å². The van der Waals surface area contributed by atoms with Crippen LogP contribution in [0.25, 0.3) is 0 Å². The summed E-state index contributed by atoms with van der Waals surface area (Å²) in [5, 5.41) is 11.9.